The molecular formula is C15H19ClN2O5. The lowest BCUT2D eigenvalue weighted by molar-refractivity contribution is 0.0562. The molecule has 1 atom stereocenters. The maximum Gasteiger partial charge on any atom is 0.407 e. The lowest BCUT2D eigenvalue weighted by Gasteiger charge is -2.38. The zero-order valence-electron chi connectivity index (χ0n) is 12.7. The van der Waals surface area contributed by atoms with Gasteiger partial charge in [0.15, 0.2) is 0 Å². The largest absolute Gasteiger partial charge is 0.493 e. The fourth-order valence-corrected chi connectivity index (χ4v) is 2.72. The zero-order valence-corrected chi connectivity index (χ0v) is 13.5. The lowest BCUT2D eigenvalue weighted by atomic mass is 10.1. The number of halogens is 1. The van der Waals surface area contributed by atoms with Crippen molar-refractivity contribution in [3.8, 4) is 5.75 Å². The van der Waals surface area contributed by atoms with Crippen LogP contribution in [0.2, 0.25) is 5.02 Å². The van der Waals surface area contributed by atoms with Crippen LogP contribution >= 0.6 is 11.6 Å². The summed E-state index contributed by atoms with van der Waals surface area (Å²) in [6.07, 6.45) is -1.67. The third-order valence-corrected chi connectivity index (χ3v) is 4.09. The van der Waals surface area contributed by atoms with Crippen molar-refractivity contribution < 1.29 is 24.5 Å². The molecule has 0 unspecified atom stereocenters. The van der Waals surface area contributed by atoms with Gasteiger partial charge in [-0.05, 0) is 24.6 Å². The van der Waals surface area contributed by atoms with Crippen LogP contribution in [0, 0.1) is 6.92 Å². The number of nitrogens with zero attached hydrogens (tertiary/aromatic N) is 2. The number of benzene rings is 1. The Kier molecular flexibility index (Phi) is 5.54. The Labute approximate surface area is 139 Å². The Balaban J connectivity index is 1.96. The number of hydrogen-bond donors (Lipinski definition) is 2. The second-order valence-electron chi connectivity index (χ2n) is 5.41. The van der Waals surface area contributed by atoms with E-state index in [-0.39, 0.29) is 26.2 Å². The van der Waals surface area contributed by atoms with E-state index in [4.69, 9.17) is 21.4 Å². The van der Waals surface area contributed by atoms with Crippen LogP contribution in [0.25, 0.3) is 0 Å². The molecule has 0 radical (unpaired) electrons. The molecule has 1 aliphatic heterocycles. The molecule has 1 aromatic rings. The molecule has 0 aliphatic carbocycles. The van der Waals surface area contributed by atoms with Gasteiger partial charge >= 0.3 is 12.2 Å². The van der Waals surface area contributed by atoms with E-state index in [0.29, 0.717) is 17.2 Å². The van der Waals surface area contributed by atoms with E-state index in [1.54, 1.807) is 12.1 Å². The highest BCUT2D eigenvalue weighted by atomic mass is 35.5. The highest BCUT2D eigenvalue weighted by molar-refractivity contribution is 6.30. The number of amides is 2. The molecule has 0 aromatic heterocycles. The predicted octanol–water partition coefficient (Wildman–Crippen LogP) is 2.76. The van der Waals surface area contributed by atoms with Crippen LogP contribution in [0.5, 0.6) is 5.75 Å². The first-order chi connectivity index (χ1) is 10.9. The van der Waals surface area contributed by atoms with Crippen molar-refractivity contribution in [2.75, 3.05) is 26.2 Å². The minimum Gasteiger partial charge on any atom is -0.493 e. The highest BCUT2D eigenvalue weighted by Gasteiger charge is 2.32. The Morgan fingerprint density at radius 2 is 2.04 bits per heavy atom. The second-order valence-corrected chi connectivity index (χ2v) is 5.84. The average Bonchev–Trinajstić information content (AvgIpc) is 2.50. The molecule has 1 aliphatic rings. The van der Waals surface area contributed by atoms with Gasteiger partial charge in [0.25, 0.3) is 0 Å². The minimum absolute atomic E-state index is 0.152. The minimum atomic E-state index is -1.04. The van der Waals surface area contributed by atoms with Crippen molar-refractivity contribution >= 4 is 23.8 Å². The molecule has 0 spiro atoms. The Morgan fingerprint density at radius 1 is 1.30 bits per heavy atom. The summed E-state index contributed by atoms with van der Waals surface area (Å²) in [5.74, 6) is 0.644. The highest BCUT2D eigenvalue weighted by Crippen LogP contribution is 2.23. The molecule has 0 saturated carbocycles. The first-order valence-electron chi connectivity index (χ1n) is 7.25. The Morgan fingerprint density at radius 3 is 2.70 bits per heavy atom. The molecule has 2 rings (SSSR count). The molecule has 2 N–H and O–H groups in total. The summed E-state index contributed by atoms with van der Waals surface area (Å²) in [6.45, 7) is 2.68. The fourth-order valence-electron chi connectivity index (χ4n) is 2.56. The number of carboxylic acid groups (broad SMARTS) is 2. The van der Waals surface area contributed by atoms with Crippen LogP contribution in [0.4, 0.5) is 9.59 Å². The smallest absolute Gasteiger partial charge is 0.407 e. The number of carbonyl (C=O) groups is 2. The standard InChI is InChI=1S/C15H19ClN2O5/c1-10-2-3-11(16)8-13(10)23-7-4-12-9-17(14(19)20)5-6-18(12)15(21)22/h2-3,8,12H,4-7,9H2,1H3,(H,19,20)(H,21,22)/t12-/m1/s1. The van der Waals surface area contributed by atoms with E-state index in [9.17, 15) is 14.7 Å². The van der Waals surface area contributed by atoms with E-state index < -0.39 is 18.2 Å². The molecule has 1 heterocycles. The van der Waals surface area contributed by atoms with E-state index in [1.807, 2.05) is 13.0 Å². The van der Waals surface area contributed by atoms with Crippen molar-refractivity contribution in [3.63, 3.8) is 0 Å². The second kappa shape index (κ2) is 7.41. The van der Waals surface area contributed by atoms with Crippen LogP contribution in [0.15, 0.2) is 18.2 Å². The fraction of sp³-hybridized carbons (Fsp3) is 0.467. The summed E-state index contributed by atoms with van der Waals surface area (Å²) in [4.78, 5) is 24.8. The van der Waals surface area contributed by atoms with Gasteiger partial charge in [0.1, 0.15) is 5.75 Å². The molecule has 7 nitrogen and oxygen atoms in total. The molecule has 23 heavy (non-hydrogen) atoms. The third-order valence-electron chi connectivity index (χ3n) is 3.86. The molecule has 126 valence electrons. The molecule has 8 heteroatoms. The summed E-state index contributed by atoms with van der Waals surface area (Å²) in [7, 11) is 0. The number of rotatable bonds is 4. The number of aryl methyl sites for hydroxylation is 1. The number of piperazine rings is 1. The van der Waals surface area contributed by atoms with Gasteiger partial charge in [0.05, 0.1) is 12.6 Å². The third kappa shape index (κ3) is 4.41. The molecule has 0 bridgehead atoms. The lowest BCUT2D eigenvalue weighted by Crippen LogP contribution is -2.56. The van der Waals surface area contributed by atoms with Gasteiger partial charge in [-0.25, -0.2) is 9.59 Å². The van der Waals surface area contributed by atoms with Gasteiger partial charge < -0.3 is 24.7 Å². The number of hydrogen-bond acceptors (Lipinski definition) is 3. The van der Waals surface area contributed by atoms with Crippen molar-refractivity contribution in [1.29, 1.82) is 0 Å². The van der Waals surface area contributed by atoms with Crippen LogP contribution < -0.4 is 4.74 Å². The monoisotopic (exact) mass is 342 g/mol. The maximum atomic E-state index is 11.3. The summed E-state index contributed by atoms with van der Waals surface area (Å²) in [5.41, 5.74) is 0.931. The predicted molar refractivity (Wildman–Crippen MR) is 84.4 cm³/mol. The Bertz CT molecular complexity index is 595. The molecule has 1 fully saturated rings. The summed E-state index contributed by atoms with van der Waals surface area (Å²) in [5, 5.41) is 18.9. The molecule has 2 amide bonds. The average molecular weight is 343 g/mol. The van der Waals surface area contributed by atoms with Crippen molar-refractivity contribution in [1.82, 2.24) is 9.80 Å². The Hall–Kier alpha value is -2.15. The van der Waals surface area contributed by atoms with Gasteiger partial charge in [-0.1, -0.05) is 17.7 Å². The van der Waals surface area contributed by atoms with Gasteiger partial charge in [-0.3, -0.25) is 0 Å². The van der Waals surface area contributed by atoms with E-state index >= 15 is 0 Å². The van der Waals surface area contributed by atoms with Gasteiger partial charge in [0, 0.05) is 31.1 Å². The zero-order chi connectivity index (χ0) is 17.0. The normalized spacial score (nSPS) is 17.9. The van der Waals surface area contributed by atoms with Gasteiger partial charge in [-0.15, -0.1) is 0 Å². The first kappa shape index (κ1) is 17.2. The summed E-state index contributed by atoms with van der Waals surface area (Å²) in [6, 6.07) is 4.89. The molecule has 1 saturated heterocycles. The van der Waals surface area contributed by atoms with Gasteiger partial charge in [0.2, 0.25) is 0 Å². The molecular weight excluding hydrogens is 324 g/mol. The van der Waals surface area contributed by atoms with Crippen molar-refractivity contribution in [3.05, 3.63) is 28.8 Å². The van der Waals surface area contributed by atoms with Gasteiger partial charge in [-0.2, -0.15) is 0 Å². The maximum absolute atomic E-state index is 11.3. The van der Waals surface area contributed by atoms with Crippen molar-refractivity contribution in [2.24, 2.45) is 0 Å². The number of ether oxygens (including phenoxy) is 1. The summed E-state index contributed by atoms with van der Waals surface area (Å²) < 4.78 is 5.67. The quantitative estimate of drug-likeness (QED) is 0.878. The van der Waals surface area contributed by atoms with Crippen LogP contribution in [-0.2, 0) is 0 Å². The molecule has 1 aromatic carbocycles. The SMILES string of the molecule is Cc1ccc(Cl)cc1OCC[C@@H]1CN(C(=O)O)CCN1C(=O)O. The topological polar surface area (TPSA) is 90.3 Å². The van der Waals surface area contributed by atoms with Crippen LogP contribution in [0.3, 0.4) is 0 Å². The summed E-state index contributed by atoms with van der Waals surface area (Å²) >= 11 is 5.93. The van der Waals surface area contributed by atoms with Crippen LogP contribution in [-0.4, -0.2) is 64.5 Å². The van der Waals surface area contributed by atoms with E-state index in [0.717, 1.165) is 5.56 Å². The van der Waals surface area contributed by atoms with Crippen LogP contribution in [0.1, 0.15) is 12.0 Å². The van der Waals surface area contributed by atoms with E-state index in [2.05, 4.69) is 0 Å². The first-order valence-corrected chi connectivity index (χ1v) is 7.62. The van der Waals surface area contributed by atoms with Crippen molar-refractivity contribution in [2.45, 2.75) is 19.4 Å². The van der Waals surface area contributed by atoms with E-state index in [1.165, 1.54) is 9.80 Å².